The van der Waals surface area contributed by atoms with Gasteiger partial charge >= 0.3 is 0 Å². The molecule has 1 aliphatic rings. The van der Waals surface area contributed by atoms with Crippen LogP contribution >= 0.6 is 0 Å². The van der Waals surface area contributed by atoms with Crippen molar-refractivity contribution >= 4 is 11.6 Å². The summed E-state index contributed by atoms with van der Waals surface area (Å²) in [6.45, 7) is 2.44. The van der Waals surface area contributed by atoms with Gasteiger partial charge in [-0.1, -0.05) is 36.4 Å². The van der Waals surface area contributed by atoms with Crippen LogP contribution in [-0.2, 0) is 17.8 Å². The Labute approximate surface area is 142 Å². The third-order valence-corrected chi connectivity index (χ3v) is 4.06. The molecule has 24 heavy (non-hydrogen) atoms. The van der Waals surface area contributed by atoms with Crippen LogP contribution in [0, 0.1) is 11.3 Å². The van der Waals surface area contributed by atoms with E-state index in [0.717, 1.165) is 24.2 Å². The molecule has 0 unspecified atom stereocenters. The second-order valence-corrected chi connectivity index (χ2v) is 5.81. The van der Waals surface area contributed by atoms with Gasteiger partial charge in [-0.3, -0.25) is 4.79 Å². The summed E-state index contributed by atoms with van der Waals surface area (Å²) in [7, 11) is 0. The summed E-state index contributed by atoms with van der Waals surface area (Å²) in [6, 6.07) is 17.5. The molecule has 0 radical (unpaired) electrons. The van der Waals surface area contributed by atoms with Crippen molar-refractivity contribution in [1.29, 1.82) is 5.26 Å². The maximum Gasteiger partial charge on any atom is 0.224 e. The van der Waals surface area contributed by atoms with Crippen molar-refractivity contribution in [3.8, 4) is 6.07 Å². The number of carbonyl (C=O) groups excluding carboxylic acids is 1. The molecule has 0 aromatic heterocycles. The van der Waals surface area contributed by atoms with Gasteiger partial charge in [0.05, 0.1) is 18.1 Å². The molecule has 0 atom stereocenters. The van der Waals surface area contributed by atoms with Gasteiger partial charge < -0.3 is 10.2 Å². The number of hydrogen-bond donors (Lipinski definition) is 1. The zero-order valence-corrected chi connectivity index (χ0v) is 13.4. The molecule has 0 bridgehead atoms. The molecule has 1 N–H and O–H groups in total. The van der Waals surface area contributed by atoms with Crippen molar-refractivity contribution in [3.05, 3.63) is 77.4 Å². The fourth-order valence-corrected chi connectivity index (χ4v) is 2.66. The lowest BCUT2D eigenvalue weighted by Gasteiger charge is -2.17. The fourth-order valence-electron chi connectivity index (χ4n) is 2.66. The summed E-state index contributed by atoms with van der Waals surface area (Å²) in [4.78, 5) is 14.3. The minimum Gasteiger partial charge on any atom is -0.364 e. The number of anilines is 1. The molecule has 3 rings (SSSR count). The summed E-state index contributed by atoms with van der Waals surface area (Å²) in [5, 5.41) is 11.7. The zero-order chi connectivity index (χ0) is 16.8. The summed E-state index contributed by atoms with van der Waals surface area (Å²) >= 11 is 0. The molecule has 0 fully saturated rings. The second-order valence-electron chi connectivity index (χ2n) is 5.81. The van der Waals surface area contributed by atoms with Crippen molar-refractivity contribution in [2.45, 2.75) is 13.0 Å². The highest BCUT2D eigenvalue weighted by molar-refractivity contribution is 5.78. The van der Waals surface area contributed by atoms with Crippen LogP contribution in [0.25, 0.3) is 0 Å². The van der Waals surface area contributed by atoms with Crippen LogP contribution in [0.15, 0.2) is 60.7 Å². The Balaban J connectivity index is 1.49. The summed E-state index contributed by atoms with van der Waals surface area (Å²) in [5.74, 6) is -0.0208. The first-order chi connectivity index (χ1) is 11.7. The van der Waals surface area contributed by atoms with Gasteiger partial charge in [0.2, 0.25) is 5.91 Å². The average Bonchev–Trinajstić information content (AvgIpc) is 3.16. The van der Waals surface area contributed by atoms with E-state index in [0.29, 0.717) is 18.5 Å². The van der Waals surface area contributed by atoms with Crippen molar-refractivity contribution < 1.29 is 4.79 Å². The second kappa shape index (κ2) is 7.47. The molecule has 1 aliphatic heterocycles. The third kappa shape index (κ3) is 4.02. The van der Waals surface area contributed by atoms with E-state index in [9.17, 15) is 4.79 Å². The molecule has 4 nitrogen and oxygen atoms in total. The van der Waals surface area contributed by atoms with Gasteiger partial charge in [-0.15, -0.1) is 0 Å². The van der Waals surface area contributed by atoms with Gasteiger partial charge in [-0.05, 0) is 35.4 Å². The van der Waals surface area contributed by atoms with Gasteiger partial charge in [0.15, 0.2) is 0 Å². The van der Waals surface area contributed by atoms with Crippen LogP contribution < -0.4 is 10.2 Å². The lowest BCUT2D eigenvalue weighted by atomic mass is 10.1. The van der Waals surface area contributed by atoms with E-state index in [1.54, 1.807) is 12.1 Å². The first kappa shape index (κ1) is 15.8. The lowest BCUT2D eigenvalue weighted by molar-refractivity contribution is -0.120. The van der Waals surface area contributed by atoms with E-state index in [-0.39, 0.29) is 5.91 Å². The van der Waals surface area contributed by atoms with Crippen LogP contribution in [0.4, 0.5) is 5.69 Å². The number of hydrogen-bond acceptors (Lipinski definition) is 3. The molecular weight excluding hydrogens is 298 g/mol. The fraction of sp³-hybridized carbons (Fsp3) is 0.200. The predicted molar refractivity (Wildman–Crippen MR) is 94.5 cm³/mol. The summed E-state index contributed by atoms with van der Waals surface area (Å²) in [5.41, 5.74) is 3.79. The first-order valence-electron chi connectivity index (χ1n) is 7.99. The molecular formula is C20H19N3O. The van der Waals surface area contributed by atoms with Crippen LogP contribution in [0.3, 0.4) is 0 Å². The molecule has 0 aliphatic carbocycles. The molecule has 0 saturated carbocycles. The maximum atomic E-state index is 12.0. The van der Waals surface area contributed by atoms with Crippen molar-refractivity contribution in [3.63, 3.8) is 0 Å². The minimum absolute atomic E-state index is 0.0208. The predicted octanol–water partition coefficient (Wildman–Crippen LogP) is 2.79. The summed E-state index contributed by atoms with van der Waals surface area (Å²) < 4.78 is 0. The number of nitrogens with zero attached hydrogens (tertiary/aromatic N) is 2. The number of benzene rings is 2. The molecule has 1 amide bonds. The highest BCUT2D eigenvalue weighted by Gasteiger charge is 2.08. The summed E-state index contributed by atoms with van der Waals surface area (Å²) in [6.07, 6.45) is 4.65. The van der Waals surface area contributed by atoms with E-state index in [1.807, 2.05) is 12.1 Å². The van der Waals surface area contributed by atoms with Gasteiger partial charge in [0.1, 0.15) is 0 Å². The quantitative estimate of drug-likeness (QED) is 0.863. The van der Waals surface area contributed by atoms with Crippen LogP contribution in [0.5, 0.6) is 0 Å². The maximum absolute atomic E-state index is 12.0. The Morgan fingerprint density at radius 1 is 1.00 bits per heavy atom. The minimum atomic E-state index is -0.0208. The smallest absolute Gasteiger partial charge is 0.224 e. The van der Waals surface area contributed by atoms with E-state index in [4.69, 9.17) is 5.26 Å². The van der Waals surface area contributed by atoms with Crippen molar-refractivity contribution in [1.82, 2.24) is 5.32 Å². The molecule has 0 spiro atoms. The van der Waals surface area contributed by atoms with E-state index in [1.165, 1.54) is 5.69 Å². The standard InChI is InChI=1S/C20H19N3O/c21-14-17-5-3-16(4-6-17)13-20(24)22-15-18-7-9-19(10-8-18)23-11-1-2-12-23/h1-10H,11-13,15H2,(H,22,24). The topological polar surface area (TPSA) is 56.1 Å². The Morgan fingerprint density at radius 2 is 1.62 bits per heavy atom. The van der Waals surface area contributed by atoms with E-state index >= 15 is 0 Å². The Morgan fingerprint density at radius 3 is 2.25 bits per heavy atom. The third-order valence-electron chi connectivity index (χ3n) is 4.06. The molecule has 120 valence electrons. The van der Waals surface area contributed by atoms with Crippen molar-refractivity contribution in [2.24, 2.45) is 0 Å². The molecule has 2 aromatic rings. The Hall–Kier alpha value is -3.06. The highest BCUT2D eigenvalue weighted by atomic mass is 16.1. The van der Waals surface area contributed by atoms with Gasteiger partial charge in [0.25, 0.3) is 0 Å². The molecule has 1 heterocycles. The average molecular weight is 317 g/mol. The van der Waals surface area contributed by atoms with Gasteiger partial charge in [0, 0.05) is 25.3 Å². The highest BCUT2D eigenvalue weighted by Crippen LogP contribution is 2.17. The lowest BCUT2D eigenvalue weighted by Crippen LogP contribution is -2.24. The molecule has 4 heteroatoms. The van der Waals surface area contributed by atoms with Crippen molar-refractivity contribution in [2.75, 3.05) is 18.0 Å². The zero-order valence-electron chi connectivity index (χ0n) is 13.4. The Bertz CT molecular complexity index is 762. The number of rotatable bonds is 5. The van der Waals surface area contributed by atoms with E-state index < -0.39 is 0 Å². The Kier molecular flexibility index (Phi) is 4.93. The molecule has 2 aromatic carbocycles. The number of nitriles is 1. The van der Waals surface area contributed by atoms with Gasteiger partial charge in [-0.2, -0.15) is 5.26 Å². The normalized spacial score (nSPS) is 12.9. The largest absolute Gasteiger partial charge is 0.364 e. The number of nitrogens with one attached hydrogen (secondary N) is 1. The van der Waals surface area contributed by atoms with Crippen LogP contribution in [-0.4, -0.2) is 19.0 Å². The first-order valence-corrected chi connectivity index (χ1v) is 7.99. The van der Waals surface area contributed by atoms with Crippen LogP contribution in [0.2, 0.25) is 0 Å². The molecule has 0 saturated heterocycles. The van der Waals surface area contributed by atoms with Crippen LogP contribution in [0.1, 0.15) is 16.7 Å². The monoisotopic (exact) mass is 317 g/mol. The van der Waals surface area contributed by atoms with E-state index in [2.05, 4.69) is 52.7 Å². The SMILES string of the molecule is N#Cc1ccc(CC(=O)NCc2ccc(N3CC=CC3)cc2)cc1. The number of carbonyl (C=O) groups is 1. The number of amides is 1. The van der Waals surface area contributed by atoms with Gasteiger partial charge in [-0.25, -0.2) is 0 Å².